The summed E-state index contributed by atoms with van der Waals surface area (Å²) in [7, 11) is 0. The van der Waals surface area contributed by atoms with E-state index in [-0.39, 0.29) is 5.69 Å². The van der Waals surface area contributed by atoms with Crippen LogP contribution in [0.4, 0.5) is 10.1 Å². The van der Waals surface area contributed by atoms with Gasteiger partial charge in [0.1, 0.15) is 5.82 Å². The summed E-state index contributed by atoms with van der Waals surface area (Å²) in [6.07, 6.45) is 0. The van der Waals surface area contributed by atoms with Crippen LogP contribution in [0.3, 0.4) is 0 Å². The van der Waals surface area contributed by atoms with Crippen molar-refractivity contribution in [1.29, 1.82) is 0 Å². The molecular formula is C20H17FN2O3. The number of amides is 1. The number of nitrogens with one attached hydrogen (secondary N) is 1. The van der Waals surface area contributed by atoms with Crippen LogP contribution in [0.15, 0.2) is 48.5 Å². The highest BCUT2D eigenvalue weighted by Gasteiger charge is 2.19. The number of rotatable bonds is 4. The van der Waals surface area contributed by atoms with E-state index in [1.54, 1.807) is 13.0 Å². The molecule has 0 radical (unpaired) electrons. The highest BCUT2D eigenvalue weighted by molar-refractivity contribution is 6.00. The van der Waals surface area contributed by atoms with Crippen LogP contribution in [0, 0.1) is 19.7 Å². The number of carbonyl (C=O) groups is 2. The second kappa shape index (κ2) is 7.31. The van der Waals surface area contributed by atoms with Gasteiger partial charge < -0.3 is 10.1 Å². The van der Waals surface area contributed by atoms with Gasteiger partial charge >= 0.3 is 5.97 Å². The first-order valence-corrected chi connectivity index (χ1v) is 8.05. The molecular weight excluding hydrogens is 335 g/mol. The summed E-state index contributed by atoms with van der Waals surface area (Å²) in [6.45, 7) is 3.02. The predicted molar refractivity (Wildman–Crippen MR) is 96.5 cm³/mol. The molecule has 0 fully saturated rings. The number of benzene rings is 2. The van der Waals surface area contributed by atoms with Gasteiger partial charge in [-0.05, 0) is 37.6 Å². The number of hydrogen-bond acceptors (Lipinski definition) is 4. The van der Waals surface area contributed by atoms with Crippen LogP contribution in [0.25, 0.3) is 10.9 Å². The van der Waals surface area contributed by atoms with Crippen LogP contribution in [0.1, 0.15) is 21.6 Å². The Morgan fingerprint density at radius 3 is 2.54 bits per heavy atom. The van der Waals surface area contributed by atoms with E-state index in [0.717, 1.165) is 16.5 Å². The maximum absolute atomic E-state index is 13.5. The van der Waals surface area contributed by atoms with Gasteiger partial charge in [0.05, 0.1) is 22.5 Å². The number of anilines is 1. The summed E-state index contributed by atoms with van der Waals surface area (Å²) in [5.74, 6) is -1.81. The number of esters is 1. The quantitative estimate of drug-likeness (QED) is 0.726. The van der Waals surface area contributed by atoms with Crippen LogP contribution in [0.2, 0.25) is 0 Å². The van der Waals surface area contributed by atoms with Gasteiger partial charge in [-0.25, -0.2) is 9.18 Å². The lowest BCUT2D eigenvalue weighted by atomic mass is 10.0. The minimum atomic E-state index is -0.637. The largest absolute Gasteiger partial charge is 0.452 e. The predicted octanol–water partition coefficient (Wildman–Crippen LogP) is 3.79. The Labute approximate surface area is 149 Å². The molecule has 0 atom stereocenters. The number of fused-ring (bicyclic) bond motifs is 1. The molecule has 0 unspecified atom stereocenters. The van der Waals surface area contributed by atoms with Gasteiger partial charge in [0, 0.05) is 5.39 Å². The maximum atomic E-state index is 13.5. The van der Waals surface area contributed by atoms with E-state index in [1.807, 2.05) is 31.2 Å². The van der Waals surface area contributed by atoms with Crippen molar-refractivity contribution >= 4 is 28.5 Å². The zero-order chi connectivity index (χ0) is 18.7. The van der Waals surface area contributed by atoms with E-state index in [2.05, 4.69) is 10.3 Å². The second-order valence-electron chi connectivity index (χ2n) is 5.82. The van der Waals surface area contributed by atoms with Gasteiger partial charge in [-0.15, -0.1) is 0 Å². The highest BCUT2D eigenvalue weighted by atomic mass is 19.1. The molecule has 5 nitrogen and oxygen atoms in total. The lowest BCUT2D eigenvalue weighted by Gasteiger charge is -2.12. The zero-order valence-corrected chi connectivity index (χ0v) is 14.4. The number of halogens is 1. The van der Waals surface area contributed by atoms with E-state index in [9.17, 15) is 14.0 Å². The van der Waals surface area contributed by atoms with E-state index in [4.69, 9.17) is 4.74 Å². The molecule has 26 heavy (non-hydrogen) atoms. The SMILES string of the molecule is Cc1nc2ccccc2c(C)c1C(=O)OCC(=O)Nc1ccccc1F. The molecule has 0 aliphatic heterocycles. The maximum Gasteiger partial charge on any atom is 0.340 e. The van der Waals surface area contributed by atoms with E-state index in [0.29, 0.717) is 11.3 Å². The number of para-hydroxylation sites is 2. The van der Waals surface area contributed by atoms with Crippen molar-refractivity contribution in [3.63, 3.8) is 0 Å². The number of aryl methyl sites for hydroxylation is 2. The minimum Gasteiger partial charge on any atom is -0.452 e. The first-order valence-electron chi connectivity index (χ1n) is 8.05. The van der Waals surface area contributed by atoms with Crippen molar-refractivity contribution in [2.24, 2.45) is 0 Å². The molecule has 1 N–H and O–H groups in total. The molecule has 6 heteroatoms. The Kier molecular flexibility index (Phi) is 4.93. The fraction of sp³-hybridized carbons (Fsp3) is 0.150. The van der Waals surface area contributed by atoms with Gasteiger partial charge in [-0.3, -0.25) is 9.78 Å². The summed E-state index contributed by atoms with van der Waals surface area (Å²) < 4.78 is 18.6. The lowest BCUT2D eigenvalue weighted by Crippen LogP contribution is -2.22. The van der Waals surface area contributed by atoms with E-state index >= 15 is 0 Å². The van der Waals surface area contributed by atoms with E-state index < -0.39 is 24.3 Å². The summed E-state index contributed by atoms with van der Waals surface area (Å²) in [6, 6.07) is 13.3. The Balaban J connectivity index is 1.73. The number of carbonyl (C=O) groups excluding carboxylic acids is 2. The van der Waals surface area contributed by atoms with Crippen molar-refractivity contribution in [1.82, 2.24) is 4.98 Å². The summed E-state index contributed by atoms with van der Waals surface area (Å²) in [5, 5.41) is 3.22. The molecule has 132 valence electrons. The third kappa shape index (κ3) is 3.54. The molecule has 1 aromatic heterocycles. The molecule has 1 amide bonds. The molecule has 0 aliphatic carbocycles. The first kappa shape index (κ1) is 17.5. The second-order valence-corrected chi connectivity index (χ2v) is 5.82. The molecule has 0 saturated carbocycles. The number of aromatic nitrogens is 1. The normalized spacial score (nSPS) is 10.6. The van der Waals surface area contributed by atoms with Crippen molar-refractivity contribution in [3.05, 3.63) is 71.2 Å². The third-order valence-electron chi connectivity index (χ3n) is 4.02. The van der Waals surface area contributed by atoms with Gasteiger partial charge in [0.2, 0.25) is 0 Å². The Hall–Kier alpha value is -3.28. The highest BCUT2D eigenvalue weighted by Crippen LogP contribution is 2.23. The van der Waals surface area contributed by atoms with Crippen LogP contribution in [-0.2, 0) is 9.53 Å². The lowest BCUT2D eigenvalue weighted by molar-refractivity contribution is -0.119. The van der Waals surface area contributed by atoms with Crippen LogP contribution >= 0.6 is 0 Å². The fourth-order valence-electron chi connectivity index (χ4n) is 2.78. The number of pyridine rings is 1. The molecule has 0 aliphatic rings. The van der Waals surface area contributed by atoms with Crippen LogP contribution in [0.5, 0.6) is 0 Å². The van der Waals surface area contributed by atoms with Gasteiger partial charge in [-0.2, -0.15) is 0 Å². The zero-order valence-electron chi connectivity index (χ0n) is 14.4. The molecule has 3 rings (SSSR count). The van der Waals surface area contributed by atoms with Crippen molar-refractivity contribution in [2.75, 3.05) is 11.9 Å². The summed E-state index contributed by atoms with van der Waals surface area (Å²) in [5.41, 5.74) is 2.43. The molecule has 2 aromatic carbocycles. The molecule has 0 saturated heterocycles. The monoisotopic (exact) mass is 352 g/mol. The van der Waals surface area contributed by atoms with Gasteiger partial charge in [0.25, 0.3) is 5.91 Å². The van der Waals surface area contributed by atoms with Crippen LogP contribution in [-0.4, -0.2) is 23.5 Å². The van der Waals surface area contributed by atoms with Crippen molar-refractivity contribution in [2.45, 2.75) is 13.8 Å². The fourth-order valence-corrected chi connectivity index (χ4v) is 2.78. The molecule has 0 spiro atoms. The Bertz CT molecular complexity index is 1000. The van der Waals surface area contributed by atoms with Crippen LogP contribution < -0.4 is 5.32 Å². The summed E-state index contributed by atoms with van der Waals surface area (Å²) in [4.78, 5) is 28.8. The van der Waals surface area contributed by atoms with Crippen molar-refractivity contribution < 1.29 is 18.7 Å². The van der Waals surface area contributed by atoms with E-state index in [1.165, 1.54) is 18.2 Å². The Morgan fingerprint density at radius 1 is 1.08 bits per heavy atom. The molecule has 1 heterocycles. The smallest absolute Gasteiger partial charge is 0.340 e. The van der Waals surface area contributed by atoms with Crippen molar-refractivity contribution in [3.8, 4) is 0 Å². The molecule has 0 bridgehead atoms. The average molecular weight is 352 g/mol. The standard InChI is InChI=1S/C20H17FN2O3/c1-12-14-7-3-5-9-16(14)22-13(2)19(12)20(25)26-11-18(24)23-17-10-6-4-8-15(17)21/h3-10H,11H2,1-2H3,(H,23,24). The summed E-state index contributed by atoms with van der Waals surface area (Å²) >= 11 is 0. The third-order valence-corrected chi connectivity index (χ3v) is 4.02. The molecule has 3 aromatic rings. The minimum absolute atomic E-state index is 0.0354. The number of hydrogen-bond donors (Lipinski definition) is 1. The van der Waals surface area contributed by atoms with Gasteiger partial charge in [-0.1, -0.05) is 30.3 Å². The topological polar surface area (TPSA) is 68.3 Å². The first-order chi connectivity index (χ1) is 12.5. The van der Waals surface area contributed by atoms with Gasteiger partial charge in [0.15, 0.2) is 6.61 Å². The Morgan fingerprint density at radius 2 is 1.77 bits per heavy atom. The number of nitrogens with zero attached hydrogens (tertiary/aromatic N) is 1. The number of ether oxygens (including phenoxy) is 1. The average Bonchev–Trinajstić information content (AvgIpc) is 2.62.